The van der Waals surface area contributed by atoms with Gasteiger partial charge in [-0.25, -0.2) is 0 Å². The highest BCUT2D eigenvalue weighted by atomic mass is 16.5. The van der Waals surface area contributed by atoms with Gasteiger partial charge in [0.05, 0.1) is 0 Å². The molecule has 0 unspecified atom stereocenters. The van der Waals surface area contributed by atoms with Crippen molar-refractivity contribution in [3.05, 3.63) is 29.8 Å². The molecule has 0 aromatic heterocycles. The van der Waals surface area contributed by atoms with Crippen LogP contribution in [-0.4, -0.2) is 17.2 Å². The molecule has 1 fully saturated rings. The van der Waals surface area contributed by atoms with Gasteiger partial charge >= 0.3 is 5.97 Å². The van der Waals surface area contributed by atoms with Gasteiger partial charge in [-0.15, -0.1) is 0 Å². The summed E-state index contributed by atoms with van der Waals surface area (Å²) in [4.78, 5) is 10.8. The maximum absolute atomic E-state index is 10.8. The van der Waals surface area contributed by atoms with Gasteiger partial charge in [0.25, 0.3) is 0 Å². The Hall–Kier alpha value is -1.51. The van der Waals surface area contributed by atoms with Gasteiger partial charge in [0.2, 0.25) is 0 Å². The summed E-state index contributed by atoms with van der Waals surface area (Å²) in [6, 6.07) is 7.05. The van der Waals surface area contributed by atoms with Crippen LogP contribution in [0.3, 0.4) is 0 Å². The number of phenols is 1. The largest absolute Gasteiger partial charge is 0.508 e. The van der Waals surface area contributed by atoms with Crippen LogP contribution in [-0.2, 0) is 16.0 Å². The molecule has 1 aromatic rings. The molecule has 0 aliphatic carbocycles. The Labute approximate surface area is 82.3 Å². The molecule has 1 N–H and O–H groups in total. The van der Waals surface area contributed by atoms with E-state index >= 15 is 0 Å². The zero-order valence-electron chi connectivity index (χ0n) is 7.77. The molecule has 1 saturated heterocycles. The minimum Gasteiger partial charge on any atom is -0.508 e. The van der Waals surface area contributed by atoms with Crippen LogP contribution < -0.4 is 0 Å². The number of benzene rings is 1. The lowest BCUT2D eigenvalue weighted by Gasteiger charge is -2.08. The summed E-state index contributed by atoms with van der Waals surface area (Å²) in [6.07, 6.45) is 1.99. The Morgan fingerprint density at radius 3 is 3.00 bits per heavy atom. The molecule has 3 nitrogen and oxygen atoms in total. The molecule has 3 heteroatoms. The fraction of sp³-hybridized carbons (Fsp3) is 0.364. The first-order valence-corrected chi connectivity index (χ1v) is 4.71. The van der Waals surface area contributed by atoms with Gasteiger partial charge < -0.3 is 9.84 Å². The van der Waals surface area contributed by atoms with Gasteiger partial charge in [-0.3, -0.25) is 4.79 Å². The molecular weight excluding hydrogens is 180 g/mol. The second-order valence-electron chi connectivity index (χ2n) is 3.52. The Morgan fingerprint density at radius 2 is 2.36 bits per heavy atom. The fourth-order valence-corrected chi connectivity index (χ4v) is 1.67. The summed E-state index contributed by atoms with van der Waals surface area (Å²) in [7, 11) is 0. The zero-order chi connectivity index (χ0) is 9.97. The second kappa shape index (κ2) is 3.70. The van der Waals surface area contributed by atoms with Crippen molar-refractivity contribution in [1.82, 2.24) is 0 Å². The Kier molecular flexibility index (Phi) is 2.39. The molecule has 1 atom stereocenters. The summed E-state index contributed by atoms with van der Waals surface area (Å²) >= 11 is 0. The predicted molar refractivity (Wildman–Crippen MR) is 50.9 cm³/mol. The number of esters is 1. The van der Waals surface area contributed by atoms with E-state index < -0.39 is 0 Å². The lowest BCUT2D eigenvalue weighted by atomic mass is 10.1. The first-order valence-electron chi connectivity index (χ1n) is 4.71. The molecule has 74 valence electrons. The molecule has 1 aromatic carbocycles. The highest BCUT2D eigenvalue weighted by Crippen LogP contribution is 2.20. The maximum Gasteiger partial charge on any atom is 0.306 e. The van der Waals surface area contributed by atoms with Crippen LogP contribution in [0.15, 0.2) is 24.3 Å². The number of carbonyl (C=O) groups is 1. The molecule has 1 aliphatic heterocycles. The van der Waals surface area contributed by atoms with Crippen LogP contribution in [0.2, 0.25) is 0 Å². The van der Waals surface area contributed by atoms with Gasteiger partial charge in [-0.1, -0.05) is 12.1 Å². The van der Waals surface area contributed by atoms with Crippen molar-refractivity contribution in [1.29, 1.82) is 0 Å². The van der Waals surface area contributed by atoms with E-state index in [0.29, 0.717) is 12.8 Å². The van der Waals surface area contributed by atoms with E-state index in [0.717, 1.165) is 12.0 Å². The standard InChI is InChI=1S/C11H12O3/c12-9-3-1-2-8(6-9)7-10-4-5-11(13)14-10/h1-3,6,10,12H,4-5,7H2/t10-/m1/s1. The van der Waals surface area contributed by atoms with E-state index in [4.69, 9.17) is 4.74 Å². The highest BCUT2D eigenvalue weighted by Gasteiger charge is 2.23. The number of carbonyl (C=O) groups excluding carboxylic acids is 1. The normalized spacial score (nSPS) is 20.9. The summed E-state index contributed by atoms with van der Waals surface area (Å²) in [5.41, 5.74) is 1.00. The third-order valence-corrected chi connectivity index (χ3v) is 2.34. The number of hydrogen-bond donors (Lipinski definition) is 1. The Morgan fingerprint density at radius 1 is 1.50 bits per heavy atom. The minimum atomic E-state index is -0.116. The summed E-state index contributed by atoms with van der Waals surface area (Å²) in [6.45, 7) is 0. The van der Waals surface area contributed by atoms with E-state index in [-0.39, 0.29) is 17.8 Å². The van der Waals surface area contributed by atoms with E-state index in [1.165, 1.54) is 0 Å². The number of rotatable bonds is 2. The number of aromatic hydroxyl groups is 1. The van der Waals surface area contributed by atoms with Gasteiger partial charge in [-0.2, -0.15) is 0 Å². The van der Waals surface area contributed by atoms with Gasteiger partial charge in [0.1, 0.15) is 11.9 Å². The van der Waals surface area contributed by atoms with Crippen LogP contribution in [0.25, 0.3) is 0 Å². The topological polar surface area (TPSA) is 46.5 Å². The molecule has 0 spiro atoms. The van der Waals surface area contributed by atoms with Crippen molar-refractivity contribution < 1.29 is 14.6 Å². The predicted octanol–water partition coefficient (Wildman–Crippen LogP) is 1.64. The molecule has 14 heavy (non-hydrogen) atoms. The number of hydrogen-bond acceptors (Lipinski definition) is 3. The lowest BCUT2D eigenvalue weighted by molar-refractivity contribution is -0.141. The summed E-state index contributed by atoms with van der Waals surface area (Å²) < 4.78 is 5.08. The first kappa shape index (κ1) is 9.06. The maximum atomic E-state index is 10.8. The molecule has 0 radical (unpaired) electrons. The third kappa shape index (κ3) is 2.05. The molecule has 0 bridgehead atoms. The molecule has 1 aliphatic rings. The lowest BCUT2D eigenvalue weighted by Crippen LogP contribution is -2.10. The molecular formula is C11H12O3. The number of ether oxygens (including phenoxy) is 1. The van der Waals surface area contributed by atoms with Crippen LogP contribution >= 0.6 is 0 Å². The highest BCUT2D eigenvalue weighted by molar-refractivity contribution is 5.71. The minimum absolute atomic E-state index is 0.00991. The van der Waals surface area contributed by atoms with Gasteiger partial charge in [0, 0.05) is 12.8 Å². The SMILES string of the molecule is O=C1CC[C@H](Cc2cccc(O)c2)O1. The van der Waals surface area contributed by atoms with Crippen molar-refractivity contribution >= 4 is 5.97 Å². The number of cyclic esters (lactones) is 1. The van der Waals surface area contributed by atoms with Crippen LogP contribution in [0.1, 0.15) is 18.4 Å². The van der Waals surface area contributed by atoms with E-state index in [1.807, 2.05) is 6.07 Å². The third-order valence-electron chi connectivity index (χ3n) is 2.34. The monoisotopic (exact) mass is 192 g/mol. The van der Waals surface area contributed by atoms with Crippen LogP contribution in [0, 0.1) is 0 Å². The van der Waals surface area contributed by atoms with Crippen molar-refractivity contribution in [3.63, 3.8) is 0 Å². The molecule has 2 rings (SSSR count). The van der Waals surface area contributed by atoms with E-state index in [2.05, 4.69) is 0 Å². The first-order chi connectivity index (χ1) is 6.74. The van der Waals surface area contributed by atoms with Crippen LogP contribution in [0.5, 0.6) is 5.75 Å². The van der Waals surface area contributed by atoms with Crippen molar-refractivity contribution in [2.45, 2.75) is 25.4 Å². The van der Waals surface area contributed by atoms with Crippen LogP contribution in [0.4, 0.5) is 0 Å². The van der Waals surface area contributed by atoms with Gasteiger partial charge in [-0.05, 0) is 24.1 Å². The van der Waals surface area contributed by atoms with Crippen molar-refractivity contribution in [2.75, 3.05) is 0 Å². The zero-order valence-corrected chi connectivity index (χ0v) is 7.77. The smallest absolute Gasteiger partial charge is 0.306 e. The molecule has 0 amide bonds. The average Bonchev–Trinajstić information content (AvgIpc) is 2.51. The summed E-state index contributed by atoms with van der Waals surface area (Å²) in [5.74, 6) is 0.141. The van der Waals surface area contributed by atoms with Crippen molar-refractivity contribution in [2.24, 2.45) is 0 Å². The second-order valence-corrected chi connectivity index (χ2v) is 3.52. The Balaban J connectivity index is 2.00. The molecule has 1 heterocycles. The summed E-state index contributed by atoms with van der Waals surface area (Å²) in [5, 5.41) is 9.23. The van der Waals surface area contributed by atoms with Gasteiger partial charge in [0.15, 0.2) is 0 Å². The molecule has 0 saturated carbocycles. The Bertz CT molecular complexity index is 346. The number of phenolic OH excluding ortho intramolecular Hbond substituents is 1. The van der Waals surface area contributed by atoms with E-state index in [9.17, 15) is 9.90 Å². The quantitative estimate of drug-likeness (QED) is 0.724. The van der Waals surface area contributed by atoms with Crippen molar-refractivity contribution in [3.8, 4) is 5.75 Å². The fourth-order valence-electron chi connectivity index (χ4n) is 1.67. The van der Waals surface area contributed by atoms with E-state index in [1.54, 1.807) is 18.2 Å². The average molecular weight is 192 g/mol.